The molecule has 0 unspecified atom stereocenters. The zero-order chi connectivity index (χ0) is 16.5. The maximum atomic E-state index is 13.0. The Kier molecular flexibility index (Phi) is 4.22. The Labute approximate surface area is 150 Å². The van der Waals surface area contributed by atoms with Gasteiger partial charge in [0.15, 0.2) is 9.47 Å². The van der Waals surface area contributed by atoms with Crippen LogP contribution in [0.5, 0.6) is 0 Å². The number of thiazole rings is 2. The van der Waals surface area contributed by atoms with Gasteiger partial charge in [-0.3, -0.25) is 0 Å². The van der Waals surface area contributed by atoms with Crippen LogP contribution in [-0.4, -0.2) is 17.0 Å². The first-order valence-corrected chi connectivity index (χ1v) is 9.70. The van der Waals surface area contributed by atoms with Gasteiger partial charge in [0.25, 0.3) is 0 Å². The summed E-state index contributed by atoms with van der Waals surface area (Å²) < 4.78 is 15.1. The minimum absolute atomic E-state index is 0.224. The van der Waals surface area contributed by atoms with Crippen molar-refractivity contribution in [3.8, 4) is 11.3 Å². The summed E-state index contributed by atoms with van der Waals surface area (Å²) in [6.07, 6.45) is 0. The molecule has 0 aliphatic rings. The molecule has 24 heavy (non-hydrogen) atoms. The van der Waals surface area contributed by atoms with Crippen LogP contribution in [-0.2, 0) is 0 Å². The molecule has 0 aliphatic heterocycles. The van der Waals surface area contributed by atoms with Crippen molar-refractivity contribution in [3.63, 3.8) is 0 Å². The molecule has 1 N–H and O–H groups in total. The highest BCUT2D eigenvalue weighted by molar-refractivity contribution is 8.01. The monoisotopic (exact) mass is 373 g/mol. The number of halogens is 1. The third-order valence-electron chi connectivity index (χ3n) is 3.40. The Bertz CT molecular complexity index is 992. The number of aromatic nitrogens is 2. The molecule has 0 saturated heterocycles. The van der Waals surface area contributed by atoms with E-state index in [1.165, 1.54) is 12.1 Å². The Morgan fingerprint density at radius 2 is 1.92 bits per heavy atom. The molecular weight excluding hydrogens is 361 g/mol. The van der Waals surface area contributed by atoms with E-state index in [2.05, 4.69) is 21.4 Å². The van der Waals surface area contributed by atoms with Gasteiger partial charge in [-0.1, -0.05) is 29.2 Å². The average Bonchev–Trinajstić information content (AvgIpc) is 3.22. The quantitative estimate of drug-likeness (QED) is 0.494. The second kappa shape index (κ2) is 6.51. The molecule has 4 rings (SSSR count). The van der Waals surface area contributed by atoms with Gasteiger partial charge in [-0.15, -0.1) is 11.3 Å². The molecule has 0 radical (unpaired) electrons. The smallest absolute Gasteiger partial charge is 0.183 e. The van der Waals surface area contributed by atoms with Crippen LogP contribution in [0.15, 0.2) is 57.1 Å². The predicted octanol–water partition coefficient (Wildman–Crippen LogP) is 5.75. The molecule has 7 heteroatoms. The van der Waals surface area contributed by atoms with Crippen molar-refractivity contribution in [1.82, 2.24) is 9.97 Å². The molecule has 2 heterocycles. The molecule has 0 fully saturated rings. The van der Waals surface area contributed by atoms with E-state index in [1.807, 2.05) is 24.6 Å². The Morgan fingerprint density at radius 3 is 2.71 bits per heavy atom. The molecular formula is C17H12FN3S3. The molecule has 0 amide bonds. The van der Waals surface area contributed by atoms with Crippen molar-refractivity contribution >= 4 is 49.8 Å². The fourth-order valence-corrected chi connectivity index (χ4v) is 4.89. The molecule has 0 spiro atoms. The summed E-state index contributed by atoms with van der Waals surface area (Å²) in [6, 6.07) is 12.7. The lowest BCUT2D eigenvalue weighted by Crippen LogP contribution is -1.83. The van der Waals surface area contributed by atoms with Gasteiger partial charge >= 0.3 is 0 Å². The van der Waals surface area contributed by atoms with E-state index in [-0.39, 0.29) is 5.82 Å². The zero-order valence-corrected chi connectivity index (χ0v) is 15.1. The van der Waals surface area contributed by atoms with Crippen LogP contribution >= 0.6 is 34.4 Å². The van der Waals surface area contributed by atoms with Gasteiger partial charge in [0, 0.05) is 22.9 Å². The van der Waals surface area contributed by atoms with Gasteiger partial charge in [-0.25, -0.2) is 14.4 Å². The van der Waals surface area contributed by atoms with Crippen LogP contribution in [0.3, 0.4) is 0 Å². The molecule has 120 valence electrons. The first-order valence-electron chi connectivity index (χ1n) is 7.19. The predicted molar refractivity (Wildman–Crippen MR) is 101 cm³/mol. The maximum Gasteiger partial charge on any atom is 0.183 e. The maximum absolute atomic E-state index is 13.0. The van der Waals surface area contributed by atoms with Gasteiger partial charge in [0.05, 0.1) is 15.9 Å². The number of anilines is 1. The van der Waals surface area contributed by atoms with Gasteiger partial charge in [0.1, 0.15) is 5.82 Å². The van der Waals surface area contributed by atoms with Gasteiger partial charge < -0.3 is 5.32 Å². The summed E-state index contributed by atoms with van der Waals surface area (Å²) in [5.41, 5.74) is 3.02. The number of nitrogens with one attached hydrogen (secondary N) is 1. The first kappa shape index (κ1) is 15.6. The van der Waals surface area contributed by atoms with Crippen molar-refractivity contribution in [1.29, 1.82) is 0 Å². The number of hydrogen-bond acceptors (Lipinski definition) is 6. The molecule has 4 aromatic rings. The van der Waals surface area contributed by atoms with E-state index in [0.29, 0.717) is 0 Å². The van der Waals surface area contributed by atoms with E-state index >= 15 is 0 Å². The van der Waals surface area contributed by atoms with Crippen LogP contribution in [0, 0.1) is 5.82 Å². The summed E-state index contributed by atoms with van der Waals surface area (Å²) in [5, 5.41) is 6.03. The summed E-state index contributed by atoms with van der Waals surface area (Å²) in [4.78, 5) is 10.2. The number of fused-ring (bicyclic) bond motifs is 1. The Morgan fingerprint density at radius 1 is 1.08 bits per heavy atom. The Hall–Kier alpha value is -1.96. The first-order chi connectivity index (χ1) is 11.7. The third kappa shape index (κ3) is 3.15. The Balaban J connectivity index is 1.60. The summed E-state index contributed by atoms with van der Waals surface area (Å²) in [5.74, 6) is -0.224. The lowest BCUT2D eigenvalue weighted by Gasteiger charge is -1.98. The number of nitrogens with zero attached hydrogens (tertiary/aromatic N) is 2. The van der Waals surface area contributed by atoms with Gasteiger partial charge in [0.2, 0.25) is 0 Å². The molecule has 3 nitrogen and oxygen atoms in total. The van der Waals surface area contributed by atoms with E-state index in [9.17, 15) is 4.39 Å². The minimum atomic E-state index is -0.224. The van der Waals surface area contributed by atoms with Crippen molar-refractivity contribution in [3.05, 3.63) is 53.7 Å². The second-order valence-electron chi connectivity index (χ2n) is 5.01. The lowest BCUT2D eigenvalue weighted by molar-refractivity contribution is 0.626. The van der Waals surface area contributed by atoms with Crippen LogP contribution in [0.1, 0.15) is 0 Å². The van der Waals surface area contributed by atoms with E-state index in [4.69, 9.17) is 0 Å². The number of rotatable bonds is 4. The fraction of sp³-hybridized carbons (Fsp3) is 0.0588. The molecule has 0 atom stereocenters. The lowest BCUT2D eigenvalue weighted by atomic mass is 10.2. The molecule has 0 saturated carbocycles. The zero-order valence-electron chi connectivity index (χ0n) is 12.6. The second-order valence-corrected chi connectivity index (χ2v) is 8.22. The minimum Gasteiger partial charge on any atom is -0.365 e. The summed E-state index contributed by atoms with van der Waals surface area (Å²) in [6.45, 7) is 0. The van der Waals surface area contributed by atoms with E-state index < -0.39 is 0 Å². The highest BCUT2D eigenvalue weighted by atomic mass is 32.2. The summed E-state index contributed by atoms with van der Waals surface area (Å²) >= 11 is 4.77. The van der Waals surface area contributed by atoms with Gasteiger partial charge in [-0.05, 0) is 36.4 Å². The van der Waals surface area contributed by atoms with Crippen LogP contribution in [0.2, 0.25) is 0 Å². The van der Waals surface area contributed by atoms with E-state index in [0.717, 1.165) is 35.8 Å². The molecule has 0 bridgehead atoms. The highest BCUT2D eigenvalue weighted by Crippen LogP contribution is 2.35. The highest BCUT2D eigenvalue weighted by Gasteiger charge is 2.09. The van der Waals surface area contributed by atoms with E-state index in [1.54, 1.807) is 46.6 Å². The van der Waals surface area contributed by atoms with Crippen LogP contribution in [0.25, 0.3) is 21.5 Å². The largest absolute Gasteiger partial charge is 0.365 e. The molecule has 2 aromatic heterocycles. The average molecular weight is 374 g/mol. The van der Waals surface area contributed by atoms with Crippen molar-refractivity contribution in [2.45, 2.75) is 9.24 Å². The topological polar surface area (TPSA) is 37.8 Å². The summed E-state index contributed by atoms with van der Waals surface area (Å²) in [7, 11) is 1.87. The van der Waals surface area contributed by atoms with Crippen molar-refractivity contribution < 1.29 is 4.39 Å². The van der Waals surface area contributed by atoms with Gasteiger partial charge in [-0.2, -0.15) is 0 Å². The molecule has 2 aromatic carbocycles. The van der Waals surface area contributed by atoms with Crippen molar-refractivity contribution in [2.75, 3.05) is 12.4 Å². The number of hydrogen-bond donors (Lipinski definition) is 1. The van der Waals surface area contributed by atoms with Crippen molar-refractivity contribution in [2.24, 2.45) is 0 Å². The normalized spacial score (nSPS) is 11.1. The standard InChI is InChI=1S/C17H12FN3S3/c1-19-16-20-13-7-2-10(8-15(13)24-16)14-9-22-17(21-14)23-12-5-3-11(18)4-6-12/h2-9H,1H3,(H,19,20). The van der Waals surface area contributed by atoms with Crippen LogP contribution < -0.4 is 5.32 Å². The molecule has 0 aliphatic carbocycles. The third-order valence-corrected chi connectivity index (χ3v) is 6.38. The van der Waals surface area contributed by atoms with Crippen LogP contribution in [0.4, 0.5) is 9.52 Å². The SMILES string of the molecule is CNc1nc2ccc(-c3csc(Sc4ccc(F)cc4)n3)cc2s1. The number of benzene rings is 2. The fourth-order valence-electron chi connectivity index (χ4n) is 2.23.